The van der Waals surface area contributed by atoms with Crippen LogP contribution in [0.15, 0.2) is 22.5 Å². The van der Waals surface area contributed by atoms with Gasteiger partial charge in [-0.1, -0.05) is 18.9 Å². The van der Waals surface area contributed by atoms with Crippen LogP contribution < -0.4 is 0 Å². The molecule has 0 amide bonds. The number of aliphatic hydroxyl groups excluding tert-OH is 1. The number of hydrogen-bond acceptors (Lipinski definition) is 2. The van der Waals surface area contributed by atoms with Crippen molar-refractivity contribution in [3.05, 3.63) is 22.5 Å². The Labute approximate surface area is 88.1 Å². The highest BCUT2D eigenvalue weighted by Gasteiger charge is 2.01. The smallest absolute Gasteiger partial charge is 0.0431 e. The quantitative estimate of drug-likeness (QED) is 0.355. The van der Waals surface area contributed by atoms with Crippen LogP contribution >= 0.6 is 21.6 Å². The van der Waals surface area contributed by atoms with E-state index in [0.29, 0.717) is 6.61 Å². The summed E-state index contributed by atoms with van der Waals surface area (Å²) in [5, 5.41) is 13.0. The summed E-state index contributed by atoms with van der Waals surface area (Å²) in [7, 11) is -0.220. The Balaban J connectivity index is 2.00. The van der Waals surface area contributed by atoms with Crippen LogP contribution in [0.3, 0.4) is 0 Å². The Morgan fingerprint density at radius 1 is 1.23 bits per heavy atom. The molecule has 1 N–H and O–H groups in total. The molecule has 1 heterocycles. The number of rotatable bonds is 6. The third-order valence-electron chi connectivity index (χ3n) is 2.11. The highest BCUT2D eigenvalue weighted by Crippen LogP contribution is 2.40. The van der Waals surface area contributed by atoms with Gasteiger partial charge in [0.15, 0.2) is 0 Å². The Bertz CT molecular complexity index is 199. The number of aliphatic hydroxyl groups is 1. The molecule has 0 saturated heterocycles. The van der Waals surface area contributed by atoms with Crippen molar-refractivity contribution in [2.24, 2.45) is 0 Å². The number of thiol groups is 2. The van der Waals surface area contributed by atoms with Crippen LogP contribution in [0, 0.1) is 0 Å². The number of hydrogen-bond donors (Lipinski definition) is 3. The zero-order valence-electron chi connectivity index (χ0n) is 7.82. The maximum absolute atomic E-state index is 8.58. The molecule has 1 aliphatic rings. The molecule has 76 valence electrons. The first kappa shape index (κ1) is 11.2. The molecular formula is C10H18OS2. The van der Waals surface area contributed by atoms with Gasteiger partial charge < -0.3 is 5.11 Å². The molecule has 0 aliphatic carbocycles. The molecule has 1 unspecified atom stereocenters. The van der Waals surface area contributed by atoms with E-state index in [9.17, 15) is 0 Å². The monoisotopic (exact) mass is 218 g/mol. The summed E-state index contributed by atoms with van der Waals surface area (Å²) in [5.74, 6) is 0. The lowest BCUT2D eigenvalue weighted by Crippen LogP contribution is -1.84. The van der Waals surface area contributed by atoms with E-state index in [1.54, 1.807) is 0 Å². The van der Waals surface area contributed by atoms with Gasteiger partial charge in [0.25, 0.3) is 0 Å². The van der Waals surface area contributed by atoms with E-state index >= 15 is 0 Å². The molecule has 1 aliphatic heterocycles. The number of unbranched alkanes of at least 4 members (excludes halogenated alkanes) is 3. The summed E-state index contributed by atoms with van der Waals surface area (Å²) in [6, 6.07) is 0. The van der Waals surface area contributed by atoms with Crippen LogP contribution in [0.5, 0.6) is 0 Å². The summed E-state index contributed by atoms with van der Waals surface area (Å²) in [6.45, 7) is 0.338. The molecule has 0 aromatic rings. The van der Waals surface area contributed by atoms with E-state index < -0.39 is 0 Å². The average Bonchev–Trinajstić information content (AvgIpc) is 2.51. The van der Waals surface area contributed by atoms with Crippen LogP contribution in [0.1, 0.15) is 32.1 Å². The van der Waals surface area contributed by atoms with Gasteiger partial charge in [0, 0.05) is 6.61 Å². The topological polar surface area (TPSA) is 20.2 Å². The first-order chi connectivity index (χ1) is 6.33. The van der Waals surface area contributed by atoms with Crippen molar-refractivity contribution >= 4 is 21.6 Å². The summed E-state index contributed by atoms with van der Waals surface area (Å²) >= 11 is 4.40. The minimum atomic E-state index is -0.220. The van der Waals surface area contributed by atoms with E-state index in [2.05, 4.69) is 28.6 Å². The van der Waals surface area contributed by atoms with Gasteiger partial charge >= 0.3 is 0 Å². The molecule has 1 atom stereocenters. The van der Waals surface area contributed by atoms with Crippen molar-refractivity contribution in [3.63, 3.8) is 0 Å². The normalized spacial score (nSPS) is 23.5. The lowest BCUT2D eigenvalue weighted by atomic mass is 10.1. The SMILES string of the molecule is OCCCCCCC1=C[SH](S)C=C1. The fourth-order valence-electron chi connectivity index (χ4n) is 1.37. The van der Waals surface area contributed by atoms with Gasteiger partial charge in [0.2, 0.25) is 0 Å². The molecule has 0 aromatic carbocycles. The first-order valence-corrected chi connectivity index (χ1v) is 7.43. The lowest BCUT2D eigenvalue weighted by molar-refractivity contribution is 0.282. The molecule has 13 heavy (non-hydrogen) atoms. The second-order valence-corrected chi connectivity index (χ2v) is 5.99. The maximum Gasteiger partial charge on any atom is 0.0431 e. The van der Waals surface area contributed by atoms with Crippen molar-refractivity contribution in [1.82, 2.24) is 0 Å². The van der Waals surface area contributed by atoms with Gasteiger partial charge in [0.1, 0.15) is 0 Å². The van der Waals surface area contributed by atoms with E-state index in [1.165, 1.54) is 24.8 Å². The predicted octanol–water partition coefficient (Wildman–Crippen LogP) is 3.19. The minimum Gasteiger partial charge on any atom is -0.396 e. The molecule has 0 spiro atoms. The Kier molecular flexibility index (Phi) is 5.67. The van der Waals surface area contributed by atoms with Crippen molar-refractivity contribution in [2.45, 2.75) is 32.1 Å². The van der Waals surface area contributed by atoms with Gasteiger partial charge in [0.05, 0.1) is 0 Å². The summed E-state index contributed by atoms with van der Waals surface area (Å²) < 4.78 is 0. The minimum absolute atomic E-state index is 0.220. The molecule has 0 saturated carbocycles. The van der Waals surface area contributed by atoms with Crippen molar-refractivity contribution < 1.29 is 5.11 Å². The van der Waals surface area contributed by atoms with Crippen LogP contribution in [-0.4, -0.2) is 11.7 Å². The first-order valence-electron chi connectivity index (χ1n) is 4.80. The van der Waals surface area contributed by atoms with Gasteiger partial charge in [-0.05, 0) is 35.7 Å². The molecule has 0 fully saturated rings. The third kappa shape index (κ3) is 4.79. The van der Waals surface area contributed by atoms with E-state index in [1.807, 2.05) is 0 Å². The van der Waals surface area contributed by atoms with Crippen LogP contribution in [0.25, 0.3) is 0 Å². The fourth-order valence-corrected chi connectivity index (χ4v) is 3.00. The van der Waals surface area contributed by atoms with E-state index in [-0.39, 0.29) is 9.93 Å². The zero-order valence-corrected chi connectivity index (χ0v) is 9.61. The Morgan fingerprint density at radius 2 is 2.00 bits per heavy atom. The summed E-state index contributed by atoms with van der Waals surface area (Å²) in [5.41, 5.74) is 1.45. The summed E-state index contributed by atoms with van der Waals surface area (Å²) in [4.78, 5) is 0. The average molecular weight is 218 g/mol. The second-order valence-electron chi connectivity index (χ2n) is 3.29. The Hall–Kier alpha value is 0.140. The Morgan fingerprint density at radius 3 is 2.62 bits per heavy atom. The third-order valence-corrected chi connectivity index (χ3v) is 3.91. The van der Waals surface area contributed by atoms with Gasteiger partial charge in [-0.15, -0.1) is 11.7 Å². The molecule has 3 heteroatoms. The molecule has 0 radical (unpaired) electrons. The molecular weight excluding hydrogens is 200 g/mol. The zero-order chi connectivity index (χ0) is 9.52. The molecule has 1 rings (SSSR count). The highest BCUT2D eigenvalue weighted by atomic mass is 33.1. The van der Waals surface area contributed by atoms with Crippen LogP contribution in [0.2, 0.25) is 0 Å². The maximum atomic E-state index is 8.58. The largest absolute Gasteiger partial charge is 0.396 e. The molecule has 0 aromatic heterocycles. The summed E-state index contributed by atoms with van der Waals surface area (Å²) in [6.07, 6.45) is 7.97. The van der Waals surface area contributed by atoms with Crippen LogP contribution in [0.4, 0.5) is 0 Å². The van der Waals surface area contributed by atoms with Gasteiger partial charge in [-0.3, -0.25) is 0 Å². The standard InChI is InChI=1S/C10H18OS2/c11-7-4-2-1-3-5-10-6-8-13(12)9-10/h6,8-9,11-13H,1-5,7H2. The predicted molar refractivity (Wildman–Crippen MR) is 65.4 cm³/mol. The van der Waals surface area contributed by atoms with E-state index in [4.69, 9.17) is 5.11 Å². The van der Waals surface area contributed by atoms with Crippen LogP contribution in [-0.2, 0) is 0 Å². The van der Waals surface area contributed by atoms with Crippen molar-refractivity contribution in [1.29, 1.82) is 0 Å². The molecule has 1 nitrogen and oxygen atoms in total. The van der Waals surface area contributed by atoms with Gasteiger partial charge in [-0.25, -0.2) is 0 Å². The van der Waals surface area contributed by atoms with Crippen molar-refractivity contribution in [3.8, 4) is 0 Å². The lowest BCUT2D eigenvalue weighted by Gasteiger charge is -2.00. The fraction of sp³-hybridized carbons (Fsp3) is 0.600. The van der Waals surface area contributed by atoms with Crippen molar-refractivity contribution in [2.75, 3.05) is 6.61 Å². The van der Waals surface area contributed by atoms with Gasteiger partial charge in [-0.2, -0.15) is 9.93 Å². The molecule has 0 bridgehead atoms. The second kappa shape index (κ2) is 6.57. The highest BCUT2D eigenvalue weighted by molar-refractivity contribution is 8.80. The van der Waals surface area contributed by atoms with E-state index in [0.717, 1.165) is 12.8 Å². The number of allylic oxidation sites excluding steroid dienone is 2.